The molecule has 2 N–H and O–H groups in total. The first-order valence-corrected chi connectivity index (χ1v) is 8.96. The summed E-state index contributed by atoms with van der Waals surface area (Å²) in [5.41, 5.74) is 4.68. The van der Waals surface area contributed by atoms with Gasteiger partial charge in [-0.3, -0.25) is 4.79 Å². The summed E-state index contributed by atoms with van der Waals surface area (Å²) in [4.78, 5) is 16.9. The van der Waals surface area contributed by atoms with Gasteiger partial charge in [-0.25, -0.2) is 4.98 Å². The molecule has 4 rings (SSSR count). The number of phenolic OH excluding ortho intramolecular Hbond substituents is 1. The third kappa shape index (κ3) is 3.62. The lowest BCUT2D eigenvalue weighted by Gasteiger charge is -2.13. The van der Waals surface area contributed by atoms with Gasteiger partial charge >= 0.3 is 0 Å². The van der Waals surface area contributed by atoms with Gasteiger partial charge in [0.25, 0.3) is 0 Å². The van der Waals surface area contributed by atoms with Crippen LogP contribution in [0.25, 0.3) is 11.3 Å². The third-order valence-corrected chi connectivity index (χ3v) is 4.86. The Hall–Kier alpha value is -3.34. The molecule has 0 aliphatic carbocycles. The van der Waals surface area contributed by atoms with Gasteiger partial charge in [0.2, 0.25) is 5.91 Å². The van der Waals surface area contributed by atoms with Crippen LogP contribution in [0.4, 0.5) is 0 Å². The Morgan fingerprint density at radius 2 is 2.00 bits per heavy atom. The largest absolute Gasteiger partial charge is 0.508 e. The van der Waals surface area contributed by atoms with Gasteiger partial charge in [-0.15, -0.1) is 0 Å². The first kappa shape index (κ1) is 17.1. The van der Waals surface area contributed by atoms with Crippen LogP contribution < -0.4 is 5.32 Å². The smallest absolute Gasteiger partial charge is 0.228 e. The average Bonchev–Trinajstić information content (AvgIpc) is 3.19. The molecule has 0 saturated carbocycles. The van der Waals surface area contributed by atoms with Crippen LogP contribution in [0.2, 0.25) is 0 Å². The van der Waals surface area contributed by atoms with Crippen molar-refractivity contribution in [2.24, 2.45) is 5.92 Å². The van der Waals surface area contributed by atoms with E-state index >= 15 is 0 Å². The van der Waals surface area contributed by atoms with E-state index in [1.807, 2.05) is 48.8 Å². The lowest BCUT2D eigenvalue weighted by atomic mass is 9.97. The number of carbonyl (C=O) groups is 1. The minimum Gasteiger partial charge on any atom is -0.508 e. The van der Waals surface area contributed by atoms with Crippen molar-refractivity contribution in [2.45, 2.75) is 19.4 Å². The van der Waals surface area contributed by atoms with Crippen molar-refractivity contribution in [1.82, 2.24) is 14.9 Å². The summed E-state index contributed by atoms with van der Waals surface area (Å²) in [5.74, 6) is 0.118. The number of aromatic nitrogens is 2. The summed E-state index contributed by atoms with van der Waals surface area (Å²) in [5, 5.41) is 12.6. The second kappa shape index (κ2) is 7.11. The number of amides is 1. The normalized spacial score (nSPS) is 16.5. The number of imidazole rings is 1. The second-order valence-corrected chi connectivity index (χ2v) is 6.90. The van der Waals surface area contributed by atoms with E-state index in [1.165, 1.54) is 0 Å². The fraction of sp³-hybridized carbons (Fsp3) is 0.182. The standard InChI is InChI=1S/C22H21N3O2/c1-15-10-18(22(27)24-15)12-20-21(17-7-3-2-4-8-17)23-14-25(20)13-16-6-5-9-19(26)11-16/h2-9,11,14,18,26H,1,10,12-13H2,(H,24,27). The Kier molecular flexibility index (Phi) is 4.50. The van der Waals surface area contributed by atoms with Crippen LogP contribution in [0.3, 0.4) is 0 Å². The number of carbonyl (C=O) groups excluding carboxylic acids is 1. The predicted molar refractivity (Wildman–Crippen MR) is 104 cm³/mol. The molecular formula is C22H21N3O2. The molecule has 136 valence electrons. The summed E-state index contributed by atoms with van der Waals surface area (Å²) in [6.45, 7) is 4.46. The number of rotatable bonds is 5. The lowest BCUT2D eigenvalue weighted by Crippen LogP contribution is -2.21. The van der Waals surface area contributed by atoms with Crippen molar-refractivity contribution in [1.29, 1.82) is 0 Å². The summed E-state index contributed by atoms with van der Waals surface area (Å²) >= 11 is 0. The fourth-order valence-corrected chi connectivity index (χ4v) is 3.56. The average molecular weight is 359 g/mol. The molecule has 1 atom stereocenters. The van der Waals surface area contributed by atoms with Crippen molar-refractivity contribution in [3.8, 4) is 17.0 Å². The van der Waals surface area contributed by atoms with Crippen molar-refractivity contribution in [3.63, 3.8) is 0 Å². The van der Waals surface area contributed by atoms with E-state index in [2.05, 4.69) is 21.4 Å². The van der Waals surface area contributed by atoms with Crippen LogP contribution in [0.5, 0.6) is 5.75 Å². The predicted octanol–water partition coefficient (Wildman–Crippen LogP) is 3.50. The van der Waals surface area contributed by atoms with Gasteiger partial charge in [-0.2, -0.15) is 0 Å². The highest BCUT2D eigenvalue weighted by Crippen LogP contribution is 2.29. The molecule has 1 unspecified atom stereocenters. The Labute approximate surface area is 158 Å². The molecule has 27 heavy (non-hydrogen) atoms. The van der Waals surface area contributed by atoms with E-state index in [9.17, 15) is 9.90 Å². The molecule has 0 spiro atoms. The molecule has 5 heteroatoms. The van der Waals surface area contributed by atoms with Crippen molar-refractivity contribution in [2.75, 3.05) is 0 Å². The zero-order valence-electron chi connectivity index (χ0n) is 14.9. The summed E-state index contributed by atoms with van der Waals surface area (Å²) in [6, 6.07) is 17.2. The van der Waals surface area contributed by atoms with Gasteiger partial charge in [0.05, 0.1) is 12.0 Å². The minimum atomic E-state index is -0.139. The van der Waals surface area contributed by atoms with Gasteiger partial charge in [0, 0.05) is 35.8 Å². The number of nitrogens with one attached hydrogen (secondary N) is 1. The van der Waals surface area contributed by atoms with Gasteiger partial charge in [-0.1, -0.05) is 49.0 Å². The molecule has 3 aromatic rings. The zero-order chi connectivity index (χ0) is 18.8. The van der Waals surface area contributed by atoms with E-state index in [0.29, 0.717) is 19.4 Å². The number of hydrogen-bond acceptors (Lipinski definition) is 3. The Morgan fingerprint density at radius 3 is 2.70 bits per heavy atom. The first-order chi connectivity index (χ1) is 13.1. The number of hydrogen-bond donors (Lipinski definition) is 2. The van der Waals surface area contributed by atoms with E-state index in [1.54, 1.807) is 12.1 Å². The second-order valence-electron chi connectivity index (χ2n) is 6.90. The fourth-order valence-electron chi connectivity index (χ4n) is 3.56. The molecule has 2 heterocycles. The Morgan fingerprint density at radius 1 is 1.19 bits per heavy atom. The van der Waals surface area contributed by atoms with Crippen molar-refractivity contribution in [3.05, 3.63) is 84.5 Å². The number of aromatic hydroxyl groups is 1. The van der Waals surface area contributed by atoms with E-state index < -0.39 is 0 Å². The van der Waals surface area contributed by atoms with Gasteiger partial charge in [0.15, 0.2) is 0 Å². The van der Waals surface area contributed by atoms with Crippen LogP contribution in [0.1, 0.15) is 17.7 Å². The molecule has 1 fully saturated rings. The van der Waals surface area contributed by atoms with Gasteiger partial charge in [0.1, 0.15) is 5.75 Å². The highest BCUT2D eigenvalue weighted by Gasteiger charge is 2.29. The topological polar surface area (TPSA) is 67.1 Å². The van der Waals surface area contributed by atoms with Crippen molar-refractivity contribution >= 4 is 5.91 Å². The van der Waals surface area contributed by atoms with Crippen LogP contribution in [-0.2, 0) is 17.8 Å². The molecule has 1 amide bonds. The van der Waals surface area contributed by atoms with E-state index in [0.717, 1.165) is 28.2 Å². The minimum absolute atomic E-state index is 0.0177. The maximum atomic E-state index is 12.2. The van der Waals surface area contributed by atoms with Gasteiger partial charge < -0.3 is 15.0 Å². The Balaban J connectivity index is 1.71. The highest BCUT2D eigenvalue weighted by molar-refractivity contribution is 5.84. The number of allylic oxidation sites excluding steroid dienone is 1. The monoisotopic (exact) mass is 359 g/mol. The maximum Gasteiger partial charge on any atom is 0.228 e. The lowest BCUT2D eigenvalue weighted by molar-refractivity contribution is -0.122. The van der Waals surface area contributed by atoms with Crippen molar-refractivity contribution < 1.29 is 9.90 Å². The molecule has 1 aliphatic rings. The van der Waals surface area contributed by atoms with Gasteiger partial charge in [-0.05, 0) is 24.1 Å². The molecule has 1 aliphatic heterocycles. The SMILES string of the molecule is C=C1CC(Cc2c(-c3ccccc3)ncn2Cc2cccc(O)c2)C(=O)N1. The summed E-state index contributed by atoms with van der Waals surface area (Å²) in [6.07, 6.45) is 3.04. The number of benzene rings is 2. The molecule has 2 aromatic carbocycles. The third-order valence-electron chi connectivity index (χ3n) is 4.86. The zero-order valence-corrected chi connectivity index (χ0v) is 14.9. The van der Waals surface area contributed by atoms with E-state index in [4.69, 9.17) is 0 Å². The number of phenols is 1. The van der Waals surface area contributed by atoms with Crippen LogP contribution in [-0.4, -0.2) is 20.6 Å². The maximum absolute atomic E-state index is 12.2. The first-order valence-electron chi connectivity index (χ1n) is 8.96. The molecule has 1 saturated heterocycles. The molecule has 0 bridgehead atoms. The van der Waals surface area contributed by atoms with Crippen LogP contribution >= 0.6 is 0 Å². The molecular weight excluding hydrogens is 338 g/mol. The number of nitrogens with zero attached hydrogens (tertiary/aromatic N) is 2. The molecule has 5 nitrogen and oxygen atoms in total. The summed E-state index contributed by atoms with van der Waals surface area (Å²) < 4.78 is 2.06. The molecule has 1 aromatic heterocycles. The Bertz CT molecular complexity index is 992. The van der Waals surface area contributed by atoms with E-state index in [-0.39, 0.29) is 17.6 Å². The molecule has 0 radical (unpaired) electrons. The summed E-state index contributed by atoms with van der Waals surface area (Å²) in [7, 11) is 0. The van der Waals surface area contributed by atoms with Crippen LogP contribution in [0.15, 0.2) is 73.2 Å². The van der Waals surface area contributed by atoms with Crippen LogP contribution in [0, 0.1) is 5.92 Å². The highest BCUT2D eigenvalue weighted by atomic mass is 16.3. The quantitative estimate of drug-likeness (QED) is 0.733.